The number of amides is 2. The predicted molar refractivity (Wildman–Crippen MR) is 108 cm³/mol. The van der Waals surface area contributed by atoms with Gasteiger partial charge in [-0.2, -0.15) is 0 Å². The molecule has 0 spiro atoms. The van der Waals surface area contributed by atoms with Gasteiger partial charge in [0.2, 0.25) is 5.91 Å². The minimum atomic E-state index is -0.709. The van der Waals surface area contributed by atoms with Crippen LogP contribution < -0.4 is 9.64 Å². The van der Waals surface area contributed by atoms with Crippen molar-refractivity contribution in [2.75, 3.05) is 52.0 Å². The summed E-state index contributed by atoms with van der Waals surface area (Å²) in [6.45, 7) is 5.00. The van der Waals surface area contributed by atoms with Crippen molar-refractivity contribution < 1.29 is 28.6 Å². The predicted octanol–water partition coefficient (Wildman–Crippen LogP) is 1.90. The lowest BCUT2D eigenvalue weighted by molar-refractivity contribution is -0.134. The highest BCUT2D eigenvalue weighted by molar-refractivity contribution is 6.05. The van der Waals surface area contributed by atoms with Crippen LogP contribution in [0.25, 0.3) is 0 Å². The molecule has 0 fully saturated rings. The second-order valence-electron chi connectivity index (χ2n) is 6.91. The number of rotatable bonds is 11. The molecule has 1 heterocycles. The minimum absolute atomic E-state index is 0.00513. The first-order chi connectivity index (χ1) is 13.9. The van der Waals surface area contributed by atoms with Gasteiger partial charge in [0.15, 0.2) is 11.9 Å². The fourth-order valence-electron chi connectivity index (χ4n) is 3.11. The van der Waals surface area contributed by atoms with Crippen LogP contribution in [-0.4, -0.2) is 75.7 Å². The molecule has 1 unspecified atom stereocenters. The van der Waals surface area contributed by atoms with Crippen molar-refractivity contribution >= 4 is 23.3 Å². The topological polar surface area (TPSA) is 85.4 Å². The third-order valence-corrected chi connectivity index (χ3v) is 4.74. The van der Waals surface area contributed by atoms with Crippen LogP contribution in [0.15, 0.2) is 18.2 Å². The summed E-state index contributed by atoms with van der Waals surface area (Å²) in [5, 5.41) is 0. The molecule has 0 saturated carbocycles. The second-order valence-corrected chi connectivity index (χ2v) is 6.91. The Morgan fingerprint density at radius 1 is 1.17 bits per heavy atom. The standard InChI is InChI=1S/C21H30N2O6/c1-5-6-18(24)16-7-8-19-17(13-16)23(21(26)15(2)29-19)14-20(25)22(9-11-27-3)10-12-28-4/h7-8,13,15H,5-6,9-12,14H2,1-4H3. The van der Waals surface area contributed by atoms with E-state index < -0.39 is 6.10 Å². The van der Waals surface area contributed by atoms with Crippen LogP contribution in [0.2, 0.25) is 0 Å². The van der Waals surface area contributed by atoms with E-state index in [2.05, 4.69) is 0 Å². The van der Waals surface area contributed by atoms with Gasteiger partial charge in [0.25, 0.3) is 5.91 Å². The Labute approximate surface area is 171 Å². The van der Waals surface area contributed by atoms with E-state index in [1.54, 1.807) is 44.2 Å². The van der Waals surface area contributed by atoms with E-state index in [4.69, 9.17) is 14.2 Å². The molecule has 1 aliphatic rings. The molecule has 0 aliphatic carbocycles. The molecular weight excluding hydrogens is 376 g/mol. The maximum absolute atomic E-state index is 12.9. The molecule has 0 saturated heterocycles. The molecular formula is C21H30N2O6. The highest BCUT2D eigenvalue weighted by Crippen LogP contribution is 2.35. The van der Waals surface area contributed by atoms with Crippen molar-refractivity contribution in [3.63, 3.8) is 0 Å². The molecule has 2 amide bonds. The van der Waals surface area contributed by atoms with Crippen LogP contribution in [0, 0.1) is 0 Å². The van der Waals surface area contributed by atoms with Crippen molar-refractivity contribution in [3.05, 3.63) is 23.8 Å². The van der Waals surface area contributed by atoms with Crippen LogP contribution in [0.1, 0.15) is 37.0 Å². The van der Waals surface area contributed by atoms with Gasteiger partial charge >= 0.3 is 0 Å². The highest BCUT2D eigenvalue weighted by atomic mass is 16.5. The van der Waals surface area contributed by atoms with Crippen molar-refractivity contribution in [3.8, 4) is 5.75 Å². The van der Waals surface area contributed by atoms with Crippen molar-refractivity contribution in [1.29, 1.82) is 0 Å². The molecule has 29 heavy (non-hydrogen) atoms. The molecule has 160 valence electrons. The normalized spacial score (nSPS) is 15.7. The Morgan fingerprint density at radius 2 is 1.83 bits per heavy atom. The average Bonchev–Trinajstić information content (AvgIpc) is 2.71. The number of nitrogens with zero attached hydrogens (tertiary/aromatic N) is 2. The van der Waals surface area contributed by atoms with Gasteiger partial charge < -0.3 is 19.1 Å². The van der Waals surface area contributed by atoms with Crippen LogP contribution in [0.5, 0.6) is 5.75 Å². The van der Waals surface area contributed by atoms with Crippen molar-refractivity contribution in [2.45, 2.75) is 32.8 Å². The van der Waals surface area contributed by atoms with E-state index >= 15 is 0 Å². The van der Waals surface area contributed by atoms with E-state index in [0.717, 1.165) is 6.42 Å². The molecule has 0 bridgehead atoms. The Hall–Kier alpha value is -2.45. The number of benzene rings is 1. The number of Topliss-reactive ketones (excluding diaryl/α,β-unsaturated/α-hetero) is 1. The van der Waals surface area contributed by atoms with Crippen LogP contribution in [0.3, 0.4) is 0 Å². The summed E-state index contributed by atoms with van der Waals surface area (Å²) in [6, 6.07) is 5.02. The third-order valence-electron chi connectivity index (χ3n) is 4.74. The lowest BCUT2D eigenvalue weighted by Gasteiger charge is -2.34. The molecule has 2 rings (SSSR count). The number of carbonyl (C=O) groups excluding carboxylic acids is 3. The quantitative estimate of drug-likeness (QED) is 0.522. The Bertz CT molecular complexity index is 728. The number of hydrogen-bond donors (Lipinski definition) is 0. The molecule has 1 aliphatic heterocycles. The number of hydrogen-bond acceptors (Lipinski definition) is 6. The van der Waals surface area contributed by atoms with Crippen LogP contribution in [0.4, 0.5) is 5.69 Å². The number of fused-ring (bicyclic) bond motifs is 1. The number of anilines is 1. The zero-order valence-electron chi connectivity index (χ0n) is 17.6. The maximum atomic E-state index is 12.9. The zero-order chi connectivity index (χ0) is 21.4. The molecule has 1 atom stereocenters. The maximum Gasteiger partial charge on any atom is 0.268 e. The van der Waals surface area contributed by atoms with Gasteiger partial charge in [0.1, 0.15) is 12.3 Å². The first kappa shape index (κ1) is 22.8. The molecule has 8 heteroatoms. The average molecular weight is 406 g/mol. The van der Waals surface area contributed by atoms with Gasteiger partial charge in [-0.05, 0) is 31.5 Å². The first-order valence-electron chi connectivity index (χ1n) is 9.83. The van der Waals surface area contributed by atoms with Gasteiger partial charge in [-0.3, -0.25) is 19.3 Å². The lowest BCUT2D eigenvalue weighted by Crippen LogP contribution is -2.50. The summed E-state index contributed by atoms with van der Waals surface area (Å²) in [5.41, 5.74) is 0.950. The smallest absolute Gasteiger partial charge is 0.268 e. The molecule has 1 aromatic rings. The summed E-state index contributed by atoms with van der Waals surface area (Å²) in [6.07, 6.45) is 0.447. The number of methoxy groups -OCH3 is 2. The Balaban J connectivity index is 2.28. The molecule has 8 nitrogen and oxygen atoms in total. The molecule has 0 radical (unpaired) electrons. The molecule has 1 aromatic carbocycles. The Morgan fingerprint density at radius 3 is 2.41 bits per heavy atom. The zero-order valence-corrected chi connectivity index (χ0v) is 17.6. The van der Waals surface area contributed by atoms with Gasteiger partial charge in [-0.1, -0.05) is 6.92 Å². The summed E-state index contributed by atoms with van der Waals surface area (Å²) in [4.78, 5) is 41.0. The van der Waals surface area contributed by atoms with E-state index in [9.17, 15) is 14.4 Å². The van der Waals surface area contributed by atoms with Gasteiger partial charge in [-0.15, -0.1) is 0 Å². The SMILES string of the molecule is CCCC(=O)c1ccc2c(c1)N(CC(=O)N(CCOC)CCOC)C(=O)C(C)O2. The minimum Gasteiger partial charge on any atom is -0.479 e. The van der Waals surface area contributed by atoms with Gasteiger partial charge in [-0.25, -0.2) is 0 Å². The summed E-state index contributed by atoms with van der Waals surface area (Å²) in [5.74, 6) is -0.0603. The van der Waals surface area contributed by atoms with Crippen LogP contribution >= 0.6 is 0 Å². The van der Waals surface area contributed by atoms with Gasteiger partial charge in [0.05, 0.1) is 18.9 Å². The number of ketones is 1. The van der Waals surface area contributed by atoms with E-state index in [1.165, 1.54) is 4.90 Å². The summed E-state index contributed by atoms with van der Waals surface area (Å²) in [7, 11) is 3.13. The fourth-order valence-corrected chi connectivity index (χ4v) is 3.11. The van der Waals surface area contributed by atoms with E-state index in [1.807, 2.05) is 6.92 Å². The number of ether oxygens (including phenoxy) is 3. The lowest BCUT2D eigenvalue weighted by atomic mass is 10.0. The van der Waals surface area contributed by atoms with Gasteiger partial charge in [0, 0.05) is 39.3 Å². The van der Waals surface area contributed by atoms with E-state index in [-0.39, 0.29) is 24.1 Å². The summed E-state index contributed by atoms with van der Waals surface area (Å²) < 4.78 is 15.8. The van der Waals surface area contributed by atoms with Crippen molar-refractivity contribution in [1.82, 2.24) is 4.90 Å². The van der Waals surface area contributed by atoms with E-state index in [0.29, 0.717) is 49.7 Å². The molecule has 0 aromatic heterocycles. The largest absolute Gasteiger partial charge is 0.479 e. The van der Waals surface area contributed by atoms with Crippen molar-refractivity contribution in [2.24, 2.45) is 0 Å². The second kappa shape index (κ2) is 10.9. The Kier molecular flexibility index (Phi) is 8.60. The highest BCUT2D eigenvalue weighted by Gasteiger charge is 2.34. The monoisotopic (exact) mass is 406 g/mol. The first-order valence-corrected chi connectivity index (χ1v) is 9.83. The molecule has 0 N–H and O–H groups in total. The fraction of sp³-hybridized carbons (Fsp3) is 0.571. The van der Waals surface area contributed by atoms with Crippen LogP contribution in [-0.2, 0) is 19.1 Å². The third kappa shape index (κ3) is 5.77. The summed E-state index contributed by atoms with van der Waals surface area (Å²) >= 11 is 0. The number of carbonyl (C=O) groups is 3.